The summed E-state index contributed by atoms with van der Waals surface area (Å²) in [5.74, 6) is -0.379. The Kier molecular flexibility index (Phi) is 4.96. The van der Waals surface area contributed by atoms with Gasteiger partial charge in [0.15, 0.2) is 0 Å². The summed E-state index contributed by atoms with van der Waals surface area (Å²) in [6, 6.07) is 3.58. The highest BCUT2D eigenvalue weighted by atomic mass is 32.2. The lowest BCUT2D eigenvalue weighted by molar-refractivity contribution is -0.396. The van der Waals surface area contributed by atoms with E-state index in [1.165, 1.54) is 30.8 Å². The Balaban J connectivity index is 2.23. The molecule has 1 aliphatic carbocycles. The molecule has 1 fully saturated rings. The molecular weight excluding hydrogens is 312 g/mol. The fraction of sp³-hybridized carbons (Fsp3) is 0.462. The number of carbonyl (C=O) groups is 1. The second-order valence-corrected chi connectivity index (χ2v) is 6.18. The van der Waals surface area contributed by atoms with Gasteiger partial charge in [-0.1, -0.05) is 0 Å². The monoisotopic (exact) mass is 326 g/mol. The molecule has 0 amide bonds. The molecule has 1 aromatic rings. The molecular formula is C13H14N2O6S. The molecule has 0 bridgehead atoms. The molecule has 0 saturated heterocycles. The highest BCUT2D eigenvalue weighted by molar-refractivity contribution is 8.00. The third-order valence-corrected chi connectivity index (χ3v) is 4.78. The summed E-state index contributed by atoms with van der Waals surface area (Å²) >= 11 is 1.24. The minimum absolute atomic E-state index is 0.0796. The number of hydrogen-bond donors (Lipinski definition) is 0. The van der Waals surface area contributed by atoms with E-state index in [1.807, 2.05) is 0 Å². The minimum Gasteiger partial charge on any atom is -0.461 e. The Hall–Kier alpha value is -2.16. The molecule has 8 nitrogen and oxygen atoms in total. The third kappa shape index (κ3) is 3.73. The number of non-ortho nitro benzene ring substituents is 1. The minimum atomic E-state index is -0.668. The van der Waals surface area contributed by atoms with Crippen molar-refractivity contribution >= 4 is 29.1 Å². The number of nitrogens with zero attached hydrogens (tertiary/aromatic N) is 2. The van der Waals surface area contributed by atoms with Gasteiger partial charge in [-0.05, 0) is 25.3 Å². The molecule has 0 N–H and O–H groups in total. The van der Waals surface area contributed by atoms with Gasteiger partial charge in [0.25, 0.3) is 11.4 Å². The lowest BCUT2D eigenvalue weighted by atomic mass is 10.3. The first-order valence-corrected chi connectivity index (χ1v) is 7.53. The maximum atomic E-state index is 11.1. The van der Waals surface area contributed by atoms with Crippen LogP contribution in [0.5, 0.6) is 0 Å². The van der Waals surface area contributed by atoms with Crippen LogP contribution in [0, 0.1) is 20.2 Å². The van der Waals surface area contributed by atoms with Crippen LogP contribution >= 0.6 is 11.8 Å². The van der Waals surface area contributed by atoms with Crippen molar-refractivity contribution in [3.8, 4) is 0 Å². The Morgan fingerprint density at radius 1 is 1.27 bits per heavy atom. The van der Waals surface area contributed by atoms with Crippen LogP contribution in [0.4, 0.5) is 11.4 Å². The molecule has 1 saturated carbocycles. The lowest BCUT2D eigenvalue weighted by Crippen LogP contribution is -2.22. The second-order valence-electron chi connectivity index (χ2n) is 4.90. The van der Waals surface area contributed by atoms with Crippen molar-refractivity contribution in [2.75, 3.05) is 0 Å². The summed E-state index contributed by atoms with van der Waals surface area (Å²) < 4.78 is 5.22. The number of ether oxygens (including phenoxy) is 1. The van der Waals surface area contributed by atoms with Gasteiger partial charge < -0.3 is 4.74 Å². The number of carbonyl (C=O) groups excluding carboxylic acids is 1. The van der Waals surface area contributed by atoms with E-state index in [4.69, 9.17) is 4.74 Å². The molecule has 1 aliphatic rings. The number of rotatable bonds is 5. The molecule has 0 aromatic heterocycles. The summed E-state index contributed by atoms with van der Waals surface area (Å²) in [6.07, 6.45) is 2.09. The van der Waals surface area contributed by atoms with E-state index in [9.17, 15) is 25.0 Å². The van der Waals surface area contributed by atoms with E-state index in [1.54, 1.807) is 0 Å². The number of benzene rings is 1. The van der Waals surface area contributed by atoms with Crippen LogP contribution in [0.15, 0.2) is 23.1 Å². The van der Waals surface area contributed by atoms with E-state index >= 15 is 0 Å². The maximum Gasteiger partial charge on any atom is 0.302 e. The largest absolute Gasteiger partial charge is 0.461 e. The molecule has 0 spiro atoms. The predicted molar refractivity (Wildman–Crippen MR) is 78.8 cm³/mol. The van der Waals surface area contributed by atoms with Gasteiger partial charge in [0.2, 0.25) is 0 Å². The first kappa shape index (κ1) is 16.2. The van der Waals surface area contributed by atoms with Crippen LogP contribution in [0.25, 0.3) is 0 Å². The second kappa shape index (κ2) is 6.73. The summed E-state index contributed by atoms with van der Waals surface area (Å²) in [7, 11) is 0. The van der Waals surface area contributed by atoms with E-state index in [0.29, 0.717) is 4.90 Å². The third-order valence-electron chi connectivity index (χ3n) is 3.34. The predicted octanol–water partition coefficient (Wildman–Crippen LogP) is 3.08. The molecule has 0 heterocycles. The zero-order valence-corrected chi connectivity index (χ0v) is 12.6. The molecule has 0 aliphatic heterocycles. The quantitative estimate of drug-likeness (QED) is 0.464. The SMILES string of the molecule is CC(=O)OC1CCCC1Sc1ccc([N+](=O)[O-])cc1[N+](=O)[O-]. The molecule has 2 atom stereocenters. The number of nitro groups is 2. The topological polar surface area (TPSA) is 113 Å². The van der Waals surface area contributed by atoms with Crippen molar-refractivity contribution in [1.29, 1.82) is 0 Å². The first-order valence-electron chi connectivity index (χ1n) is 6.65. The van der Waals surface area contributed by atoms with Crippen molar-refractivity contribution in [1.82, 2.24) is 0 Å². The first-order chi connectivity index (χ1) is 10.4. The Labute approximate surface area is 130 Å². The average molecular weight is 326 g/mol. The van der Waals surface area contributed by atoms with Crippen LogP contribution < -0.4 is 0 Å². The van der Waals surface area contributed by atoms with E-state index in [2.05, 4.69) is 0 Å². The van der Waals surface area contributed by atoms with Gasteiger partial charge >= 0.3 is 5.97 Å². The van der Waals surface area contributed by atoms with Gasteiger partial charge in [-0.15, -0.1) is 11.8 Å². The molecule has 0 radical (unpaired) electrons. The average Bonchev–Trinajstić information content (AvgIpc) is 2.85. The van der Waals surface area contributed by atoms with Crippen molar-refractivity contribution in [2.24, 2.45) is 0 Å². The zero-order valence-electron chi connectivity index (χ0n) is 11.8. The van der Waals surface area contributed by atoms with Crippen LogP contribution in [0.1, 0.15) is 26.2 Å². The van der Waals surface area contributed by atoms with E-state index in [0.717, 1.165) is 25.3 Å². The van der Waals surface area contributed by atoms with E-state index < -0.39 is 9.85 Å². The highest BCUT2D eigenvalue weighted by Crippen LogP contribution is 2.41. The lowest BCUT2D eigenvalue weighted by Gasteiger charge is -2.18. The van der Waals surface area contributed by atoms with Gasteiger partial charge in [-0.25, -0.2) is 0 Å². The highest BCUT2D eigenvalue weighted by Gasteiger charge is 2.33. The van der Waals surface area contributed by atoms with Gasteiger partial charge in [-0.3, -0.25) is 25.0 Å². The van der Waals surface area contributed by atoms with Crippen molar-refractivity contribution in [2.45, 2.75) is 42.4 Å². The molecule has 118 valence electrons. The number of esters is 1. The standard InChI is InChI=1S/C13H14N2O6S/c1-8(16)21-11-3-2-4-13(11)22-12-6-5-9(14(17)18)7-10(12)15(19)20/h5-7,11,13H,2-4H2,1H3. The molecule has 1 aromatic carbocycles. The normalized spacial score (nSPS) is 20.6. The molecule has 2 rings (SSSR count). The summed E-state index contributed by atoms with van der Waals surface area (Å²) in [6.45, 7) is 1.33. The molecule has 9 heteroatoms. The number of nitro benzene ring substituents is 2. The molecule has 22 heavy (non-hydrogen) atoms. The fourth-order valence-electron chi connectivity index (χ4n) is 2.40. The van der Waals surface area contributed by atoms with Crippen molar-refractivity contribution in [3.05, 3.63) is 38.4 Å². The van der Waals surface area contributed by atoms with Crippen LogP contribution in [-0.4, -0.2) is 27.2 Å². The van der Waals surface area contributed by atoms with Crippen LogP contribution in [-0.2, 0) is 9.53 Å². The van der Waals surface area contributed by atoms with Crippen molar-refractivity contribution < 1.29 is 19.4 Å². The Morgan fingerprint density at radius 2 is 2.00 bits per heavy atom. The van der Waals surface area contributed by atoms with Gasteiger partial charge in [0.1, 0.15) is 6.10 Å². The maximum absolute atomic E-state index is 11.1. The number of thioether (sulfide) groups is 1. The van der Waals surface area contributed by atoms with Gasteiger partial charge in [0.05, 0.1) is 20.8 Å². The summed E-state index contributed by atoms with van der Waals surface area (Å²) in [5, 5.41) is 21.8. The van der Waals surface area contributed by atoms with Crippen LogP contribution in [0.2, 0.25) is 0 Å². The smallest absolute Gasteiger partial charge is 0.302 e. The van der Waals surface area contributed by atoms with Gasteiger partial charge in [-0.2, -0.15) is 0 Å². The Bertz CT molecular complexity index is 621. The van der Waals surface area contributed by atoms with Crippen molar-refractivity contribution in [3.63, 3.8) is 0 Å². The Morgan fingerprint density at radius 3 is 2.59 bits per heavy atom. The van der Waals surface area contributed by atoms with E-state index in [-0.39, 0.29) is 28.7 Å². The fourth-order valence-corrected chi connectivity index (χ4v) is 3.75. The van der Waals surface area contributed by atoms with Gasteiger partial charge in [0, 0.05) is 18.2 Å². The summed E-state index contributed by atoms with van der Waals surface area (Å²) in [4.78, 5) is 32.0. The zero-order chi connectivity index (χ0) is 16.3. The molecule has 2 unspecified atom stereocenters. The summed E-state index contributed by atoms with van der Waals surface area (Å²) in [5.41, 5.74) is -0.619. The number of hydrogen-bond acceptors (Lipinski definition) is 7. The van der Waals surface area contributed by atoms with Crippen LogP contribution in [0.3, 0.4) is 0 Å².